The molecule has 0 aliphatic heterocycles. The first-order chi connectivity index (χ1) is 8.47. The molecule has 0 aromatic heterocycles. The van der Waals surface area contributed by atoms with Crippen LogP contribution in [0.25, 0.3) is 0 Å². The molecule has 0 fully saturated rings. The van der Waals surface area contributed by atoms with E-state index in [4.69, 9.17) is 4.89 Å². The van der Waals surface area contributed by atoms with Gasteiger partial charge in [0.2, 0.25) is 0 Å². The van der Waals surface area contributed by atoms with Crippen molar-refractivity contribution in [3.05, 3.63) is 33.4 Å². The van der Waals surface area contributed by atoms with Crippen molar-refractivity contribution < 1.29 is 19.5 Å². The summed E-state index contributed by atoms with van der Waals surface area (Å²) in [5, 5.41) is 10.8. The lowest BCUT2D eigenvalue weighted by molar-refractivity contribution is -0.385. The molecule has 1 aromatic carbocycles. The van der Waals surface area contributed by atoms with E-state index in [-0.39, 0.29) is 17.9 Å². The molecule has 0 N–H and O–H groups in total. The zero-order valence-electron chi connectivity index (χ0n) is 10.6. The molecule has 0 radical (unpaired) electrons. The van der Waals surface area contributed by atoms with E-state index >= 15 is 0 Å². The number of nitro groups is 1. The lowest BCUT2D eigenvalue weighted by Crippen LogP contribution is -2.09. The summed E-state index contributed by atoms with van der Waals surface area (Å²) >= 11 is 0. The van der Waals surface area contributed by atoms with E-state index in [0.717, 1.165) is 0 Å². The van der Waals surface area contributed by atoms with Crippen LogP contribution in [0.2, 0.25) is 0 Å². The Kier molecular flexibility index (Phi) is 4.65. The lowest BCUT2D eigenvalue weighted by atomic mass is 10.1. The number of benzene rings is 1. The minimum Gasteiger partial charge on any atom is -0.286 e. The van der Waals surface area contributed by atoms with Crippen molar-refractivity contribution in [2.24, 2.45) is 0 Å². The molecule has 1 aromatic rings. The van der Waals surface area contributed by atoms with E-state index in [2.05, 4.69) is 4.89 Å². The number of rotatable bonds is 5. The SMILES string of the molecule is CCCC(=O)OOc1c(C)ccc([N+](=O)[O-])c1C. The molecule has 0 atom stereocenters. The monoisotopic (exact) mass is 253 g/mol. The van der Waals surface area contributed by atoms with E-state index in [9.17, 15) is 14.9 Å². The summed E-state index contributed by atoms with van der Waals surface area (Å²) in [5.41, 5.74) is 0.939. The summed E-state index contributed by atoms with van der Waals surface area (Å²) in [6, 6.07) is 2.94. The van der Waals surface area contributed by atoms with Crippen LogP contribution < -0.4 is 4.89 Å². The van der Waals surface area contributed by atoms with Gasteiger partial charge < -0.3 is 0 Å². The Morgan fingerprint density at radius 3 is 2.61 bits per heavy atom. The van der Waals surface area contributed by atoms with Crippen LogP contribution in [0, 0.1) is 24.0 Å². The highest BCUT2D eigenvalue weighted by molar-refractivity contribution is 5.68. The van der Waals surface area contributed by atoms with Crippen LogP contribution in [0.15, 0.2) is 12.1 Å². The van der Waals surface area contributed by atoms with Crippen LogP contribution in [0.4, 0.5) is 5.69 Å². The third-order valence-corrected chi connectivity index (χ3v) is 2.44. The quantitative estimate of drug-likeness (QED) is 0.458. The average molecular weight is 253 g/mol. The molecule has 6 heteroatoms. The molecule has 0 spiro atoms. The third kappa shape index (κ3) is 3.19. The molecular weight excluding hydrogens is 238 g/mol. The first-order valence-electron chi connectivity index (χ1n) is 5.59. The van der Waals surface area contributed by atoms with Crippen molar-refractivity contribution in [2.45, 2.75) is 33.6 Å². The summed E-state index contributed by atoms with van der Waals surface area (Å²) in [4.78, 5) is 31.0. The largest absolute Gasteiger partial charge is 0.355 e. The van der Waals surface area contributed by atoms with Gasteiger partial charge in [-0.25, -0.2) is 4.79 Å². The highest BCUT2D eigenvalue weighted by Gasteiger charge is 2.18. The average Bonchev–Trinajstić information content (AvgIpc) is 2.28. The topological polar surface area (TPSA) is 78.7 Å². The Labute approximate surface area is 105 Å². The van der Waals surface area contributed by atoms with Crippen LogP contribution in [0.5, 0.6) is 5.75 Å². The maximum atomic E-state index is 11.2. The van der Waals surface area contributed by atoms with Crippen molar-refractivity contribution in [2.75, 3.05) is 0 Å². The molecule has 0 saturated carbocycles. The fourth-order valence-electron chi connectivity index (χ4n) is 1.48. The molecule has 18 heavy (non-hydrogen) atoms. The number of carbonyl (C=O) groups excluding carboxylic acids is 1. The lowest BCUT2D eigenvalue weighted by Gasteiger charge is -2.09. The maximum absolute atomic E-state index is 11.2. The minimum absolute atomic E-state index is 0.0675. The van der Waals surface area contributed by atoms with Gasteiger partial charge in [-0.3, -0.25) is 19.9 Å². The Hall–Kier alpha value is -2.11. The van der Waals surface area contributed by atoms with Crippen molar-refractivity contribution in [3.8, 4) is 5.75 Å². The predicted molar refractivity (Wildman–Crippen MR) is 64.2 cm³/mol. The third-order valence-electron chi connectivity index (χ3n) is 2.44. The van der Waals surface area contributed by atoms with E-state index in [1.165, 1.54) is 6.07 Å². The molecule has 1 rings (SSSR count). The summed E-state index contributed by atoms with van der Waals surface area (Å²) in [6.45, 7) is 5.11. The van der Waals surface area contributed by atoms with Crippen LogP contribution in [0.3, 0.4) is 0 Å². The number of carbonyl (C=O) groups is 1. The molecule has 0 aliphatic rings. The number of nitrogens with zero attached hydrogens (tertiary/aromatic N) is 1. The minimum atomic E-state index is -0.504. The van der Waals surface area contributed by atoms with Crippen molar-refractivity contribution in [3.63, 3.8) is 0 Å². The zero-order valence-corrected chi connectivity index (χ0v) is 10.6. The van der Waals surface area contributed by atoms with Gasteiger partial charge in [0.1, 0.15) is 0 Å². The summed E-state index contributed by atoms with van der Waals surface area (Å²) in [5.74, 6) is -0.281. The zero-order chi connectivity index (χ0) is 13.7. The number of nitro benzene ring substituents is 1. The number of hydrogen-bond donors (Lipinski definition) is 0. The molecule has 0 saturated heterocycles. The van der Waals surface area contributed by atoms with Crippen LogP contribution in [-0.4, -0.2) is 10.9 Å². The fraction of sp³-hybridized carbons (Fsp3) is 0.417. The van der Waals surface area contributed by atoms with Crippen LogP contribution >= 0.6 is 0 Å². The maximum Gasteiger partial charge on any atom is 0.355 e. The molecular formula is C12H15NO5. The van der Waals surface area contributed by atoms with Crippen molar-refractivity contribution in [1.29, 1.82) is 0 Å². The Bertz CT molecular complexity index is 470. The summed E-state index contributed by atoms with van der Waals surface area (Å²) < 4.78 is 0. The van der Waals surface area contributed by atoms with E-state index < -0.39 is 10.9 Å². The van der Waals surface area contributed by atoms with Gasteiger partial charge in [0.25, 0.3) is 5.69 Å². The van der Waals surface area contributed by atoms with Gasteiger partial charge in [-0.15, -0.1) is 0 Å². The molecule has 0 heterocycles. The van der Waals surface area contributed by atoms with Gasteiger partial charge in [0.15, 0.2) is 5.75 Å². The highest BCUT2D eigenvalue weighted by atomic mass is 17.2. The molecule has 0 amide bonds. The Balaban J connectivity index is 2.91. The van der Waals surface area contributed by atoms with Gasteiger partial charge in [-0.05, 0) is 31.9 Å². The second kappa shape index (κ2) is 6.00. The Morgan fingerprint density at radius 2 is 2.06 bits per heavy atom. The summed E-state index contributed by atoms with van der Waals surface area (Å²) in [7, 11) is 0. The summed E-state index contributed by atoms with van der Waals surface area (Å²) in [6.07, 6.45) is 0.891. The van der Waals surface area contributed by atoms with Crippen molar-refractivity contribution in [1.82, 2.24) is 0 Å². The van der Waals surface area contributed by atoms with Gasteiger partial charge >= 0.3 is 5.97 Å². The van der Waals surface area contributed by atoms with Gasteiger partial charge in [0, 0.05) is 12.5 Å². The number of hydrogen-bond acceptors (Lipinski definition) is 5. The predicted octanol–water partition coefficient (Wildman–Crippen LogP) is 2.85. The number of aryl methyl sites for hydroxylation is 1. The molecule has 6 nitrogen and oxygen atoms in total. The van der Waals surface area contributed by atoms with E-state index in [1.807, 2.05) is 6.92 Å². The van der Waals surface area contributed by atoms with Gasteiger partial charge in [0.05, 0.1) is 10.5 Å². The first kappa shape index (κ1) is 14.0. The first-order valence-corrected chi connectivity index (χ1v) is 5.59. The smallest absolute Gasteiger partial charge is 0.286 e. The standard InChI is InChI=1S/C12H15NO5/c1-4-5-11(14)17-18-12-8(2)6-7-10(9(12)3)13(15)16/h6-7H,4-5H2,1-3H3. The van der Waals surface area contributed by atoms with Gasteiger partial charge in [-0.1, -0.05) is 6.92 Å². The van der Waals surface area contributed by atoms with E-state index in [1.54, 1.807) is 19.9 Å². The molecule has 0 aliphatic carbocycles. The second-order valence-corrected chi connectivity index (χ2v) is 3.90. The second-order valence-electron chi connectivity index (χ2n) is 3.90. The molecule has 0 bridgehead atoms. The highest BCUT2D eigenvalue weighted by Crippen LogP contribution is 2.30. The molecule has 0 unspecified atom stereocenters. The fourth-order valence-corrected chi connectivity index (χ4v) is 1.48. The van der Waals surface area contributed by atoms with E-state index in [0.29, 0.717) is 17.5 Å². The molecule has 98 valence electrons. The van der Waals surface area contributed by atoms with Gasteiger partial charge in [-0.2, -0.15) is 0 Å². The normalized spacial score (nSPS) is 9.94. The van der Waals surface area contributed by atoms with Crippen LogP contribution in [0.1, 0.15) is 30.9 Å². The Morgan fingerprint density at radius 1 is 1.39 bits per heavy atom. The van der Waals surface area contributed by atoms with Crippen molar-refractivity contribution >= 4 is 11.7 Å². The van der Waals surface area contributed by atoms with Crippen LogP contribution in [-0.2, 0) is 9.68 Å².